The van der Waals surface area contributed by atoms with Gasteiger partial charge in [0.05, 0.1) is 7.11 Å². The first-order valence-electron chi connectivity index (χ1n) is 7.19. The third-order valence-corrected chi connectivity index (χ3v) is 3.93. The van der Waals surface area contributed by atoms with Crippen LogP contribution in [0.4, 0.5) is 0 Å². The van der Waals surface area contributed by atoms with E-state index in [0.717, 1.165) is 17.7 Å². The molecular formula is C18H22ClNO. The first-order valence-corrected chi connectivity index (χ1v) is 7.57. The van der Waals surface area contributed by atoms with Gasteiger partial charge in [-0.25, -0.2) is 0 Å². The lowest BCUT2D eigenvalue weighted by molar-refractivity contribution is 0.405. The van der Waals surface area contributed by atoms with Gasteiger partial charge in [-0.2, -0.15) is 0 Å². The van der Waals surface area contributed by atoms with Crippen LogP contribution < -0.4 is 10.5 Å². The van der Waals surface area contributed by atoms with E-state index in [4.69, 9.17) is 22.1 Å². The maximum atomic E-state index is 6.33. The summed E-state index contributed by atoms with van der Waals surface area (Å²) in [4.78, 5) is 0. The third kappa shape index (κ3) is 3.99. The number of ether oxygens (including phenoxy) is 1. The van der Waals surface area contributed by atoms with Crippen LogP contribution in [0.1, 0.15) is 42.5 Å². The van der Waals surface area contributed by atoms with Gasteiger partial charge < -0.3 is 10.5 Å². The highest BCUT2D eigenvalue weighted by Gasteiger charge is 2.13. The maximum Gasteiger partial charge on any atom is 0.125 e. The highest BCUT2D eigenvalue weighted by molar-refractivity contribution is 6.30. The largest absolute Gasteiger partial charge is 0.496 e. The molecular weight excluding hydrogens is 282 g/mol. The molecule has 112 valence electrons. The molecule has 2 aromatic carbocycles. The Morgan fingerprint density at radius 3 is 2.33 bits per heavy atom. The Balaban J connectivity index is 2.15. The Hall–Kier alpha value is -1.51. The van der Waals surface area contributed by atoms with Crippen LogP contribution in [-0.2, 0) is 6.42 Å². The van der Waals surface area contributed by atoms with E-state index < -0.39 is 0 Å². The smallest absolute Gasteiger partial charge is 0.125 e. The first kappa shape index (κ1) is 15.9. The van der Waals surface area contributed by atoms with Crippen molar-refractivity contribution in [3.8, 4) is 5.75 Å². The van der Waals surface area contributed by atoms with Crippen LogP contribution in [0.15, 0.2) is 42.5 Å². The lowest BCUT2D eigenvalue weighted by Crippen LogP contribution is -2.14. The molecule has 0 bridgehead atoms. The average Bonchev–Trinajstić information content (AvgIpc) is 2.47. The standard InChI is InChI=1S/C18H22ClNO/c1-12(2)14-6-4-13(5-7-14)10-17(20)16-9-8-15(19)11-18(16)21-3/h4-9,11-12,17H,10,20H2,1-3H3. The summed E-state index contributed by atoms with van der Waals surface area (Å²) in [6, 6.07) is 14.1. The SMILES string of the molecule is COc1cc(Cl)ccc1C(N)Cc1ccc(C(C)C)cc1. The second kappa shape index (κ2) is 6.97. The molecule has 1 unspecified atom stereocenters. The molecule has 0 aliphatic heterocycles. The Labute approximate surface area is 131 Å². The van der Waals surface area contributed by atoms with Gasteiger partial charge in [-0.1, -0.05) is 55.8 Å². The molecule has 0 amide bonds. The van der Waals surface area contributed by atoms with Gasteiger partial charge in [0.2, 0.25) is 0 Å². The monoisotopic (exact) mass is 303 g/mol. The number of methoxy groups -OCH3 is 1. The van der Waals surface area contributed by atoms with Gasteiger partial charge in [-0.3, -0.25) is 0 Å². The van der Waals surface area contributed by atoms with Crippen molar-refractivity contribution in [2.75, 3.05) is 7.11 Å². The van der Waals surface area contributed by atoms with Crippen LogP contribution in [0.25, 0.3) is 0 Å². The van der Waals surface area contributed by atoms with Gasteiger partial charge in [0.15, 0.2) is 0 Å². The lowest BCUT2D eigenvalue weighted by atomic mass is 9.96. The predicted octanol–water partition coefficient (Wildman–Crippen LogP) is 4.71. The van der Waals surface area contributed by atoms with Crippen molar-refractivity contribution in [2.45, 2.75) is 32.2 Å². The van der Waals surface area contributed by atoms with E-state index in [9.17, 15) is 0 Å². The Bertz CT molecular complexity index is 593. The van der Waals surface area contributed by atoms with E-state index in [1.807, 2.05) is 12.1 Å². The zero-order valence-electron chi connectivity index (χ0n) is 12.8. The molecule has 2 nitrogen and oxygen atoms in total. The molecule has 2 N–H and O–H groups in total. The van der Waals surface area contributed by atoms with Crippen molar-refractivity contribution in [2.24, 2.45) is 5.73 Å². The van der Waals surface area contributed by atoms with Gasteiger partial charge >= 0.3 is 0 Å². The van der Waals surface area contributed by atoms with Gasteiger partial charge in [0.25, 0.3) is 0 Å². The number of nitrogens with two attached hydrogens (primary N) is 1. The second-order valence-electron chi connectivity index (χ2n) is 5.59. The van der Waals surface area contributed by atoms with Crippen molar-refractivity contribution in [1.29, 1.82) is 0 Å². The van der Waals surface area contributed by atoms with E-state index in [2.05, 4.69) is 38.1 Å². The average molecular weight is 304 g/mol. The van der Waals surface area contributed by atoms with Gasteiger partial charge in [-0.05, 0) is 35.6 Å². The second-order valence-corrected chi connectivity index (χ2v) is 6.03. The summed E-state index contributed by atoms with van der Waals surface area (Å²) in [5, 5.41) is 0.657. The van der Waals surface area contributed by atoms with Gasteiger partial charge in [0.1, 0.15) is 5.75 Å². The van der Waals surface area contributed by atoms with Crippen LogP contribution in [0.2, 0.25) is 5.02 Å². The number of rotatable bonds is 5. The highest BCUT2D eigenvalue weighted by atomic mass is 35.5. The third-order valence-electron chi connectivity index (χ3n) is 3.70. The van der Waals surface area contributed by atoms with Crippen molar-refractivity contribution in [3.05, 3.63) is 64.2 Å². The molecule has 0 heterocycles. The molecule has 0 aliphatic carbocycles. The Kier molecular flexibility index (Phi) is 5.27. The molecule has 0 fully saturated rings. The molecule has 0 spiro atoms. The molecule has 2 aromatic rings. The van der Waals surface area contributed by atoms with Crippen molar-refractivity contribution in [3.63, 3.8) is 0 Å². The molecule has 0 aliphatic rings. The van der Waals surface area contributed by atoms with Crippen LogP contribution in [-0.4, -0.2) is 7.11 Å². The number of hydrogen-bond acceptors (Lipinski definition) is 2. The number of halogens is 1. The van der Waals surface area contributed by atoms with Gasteiger partial charge in [0, 0.05) is 16.6 Å². The molecule has 0 saturated heterocycles. The number of benzene rings is 2. The van der Waals surface area contributed by atoms with E-state index in [-0.39, 0.29) is 6.04 Å². The molecule has 0 saturated carbocycles. The normalized spacial score (nSPS) is 12.5. The van der Waals surface area contributed by atoms with E-state index in [1.165, 1.54) is 11.1 Å². The van der Waals surface area contributed by atoms with Crippen molar-refractivity contribution >= 4 is 11.6 Å². The maximum absolute atomic E-state index is 6.33. The van der Waals surface area contributed by atoms with E-state index >= 15 is 0 Å². The first-order chi connectivity index (χ1) is 10.0. The zero-order valence-corrected chi connectivity index (χ0v) is 13.5. The Morgan fingerprint density at radius 2 is 1.76 bits per heavy atom. The fraction of sp³-hybridized carbons (Fsp3) is 0.333. The summed E-state index contributed by atoms with van der Waals surface area (Å²) in [6.45, 7) is 4.39. The summed E-state index contributed by atoms with van der Waals surface area (Å²) in [5.41, 5.74) is 9.88. The summed E-state index contributed by atoms with van der Waals surface area (Å²) in [5.74, 6) is 1.29. The van der Waals surface area contributed by atoms with Crippen LogP contribution in [0.5, 0.6) is 5.75 Å². The zero-order chi connectivity index (χ0) is 15.4. The summed E-state index contributed by atoms with van der Waals surface area (Å²) < 4.78 is 5.37. The number of hydrogen-bond donors (Lipinski definition) is 1. The molecule has 21 heavy (non-hydrogen) atoms. The van der Waals surface area contributed by atoms with Gasteiger partial charge in [-0.15, -0.1) is 0 Å². The van der Waals surface area contributed by atoms with Crippen molar-refractivity contribution < 1.29 is 4.74 Å². The fourth-order valence-corrected chi connectivity index (χ4v) is 2.56. The summed E-state index contributed by atoms with van der Waals surface area (Å²) in [6.07, 6.45) is 0.774. The minimum atomic E-state index is -0.109. The van der Waals surface area contributed by atoms with Crippen LogP contribution in [0.3, 0.4) is 0 Å². The quantitative estimate of drug-likeness (QED) is 0.868. The van der Waals surface area contributed by atoms with Crippen LogP contribution >= 0.6 is 11.6 Å². The molecule has 1 atom stereocenters. The fourth-order valence-electron chi connectivity index (χ4n) is 2.39. The summed E-state index contributed by atoms with van der Waals surface area (Å²) in [7, 11) is 1.64. The van der Waals surface area contributed by atoms with Crippen molar-refractivity contribution in [1.82, 2.24) is 0 Å². The van der Waals surface area contributed by atoms with Crippen LogP contribution in [0, 0.1) is 0 Å². The molecule has 0 radical (unpaired) electrons. The minimum absolute atomic E-state index is 0.109. The molecule has 0 aromatic heterocycles. The Morgan fingerprint density at radius 1 is 1.10 bits per heavy atom. The highest BCUT2D eigenvalue weighted by Crippen LogP contribution is 2.29. The summed E-state index contributed by atoms with van der Waals surface area (Å²) >= 11 is 5.99. The predicted molar refractivity (Wildman–Crippen MR) is 89.2 cm³/mol. The topological polar surface area (TPSA) is 35.2 Å². The lowest BCUT2D eigenvalue weighted by Gasteiger charge is -2.16. The van der Waals surface area contributed by atoms with E-state index in [0.29, 0.717) is 10.9 Å². The molecule has 2 rings (SSSR count). The van der Waals surface area contributed by atoms with E-state index in [1.54, 1.807) is 13.2 Å². The molecule has 3 heteroatoms. The minimum Gasteiger partial charge on any atom is -0.496 e.